The first kappa shape index (κ1) is 73.0. The van der Waals surface area contributed by atoms with Crippen LogP contribution in [-0.2, 0) is 42.1 Å². The van der Waals surface area contributed by atoms with Crippen molar-refractivity contribution in [2.45, 2.75) is 80.3 Å². The molecule has 16 bridgehead atoms. The monoisotopic (exact) mass is 1850 g/mol. The summed E-state index contributed by atoms with van der Waals surface area (Å²) < 4.78 is 13.7. The van der Waals surface area contributed by atoms with Gasteiger partial charge >= 0.3 is 47.8 Å². The molecule has 4 aliphatic rings. The second-order valence-electron chi connectivity index (χ2n) is 29.9. The summed E-state index contributed by atoms with van der Waals surface area (Å²) in [5.41, 5.74) is 28.2. The molecule has 2 unspecified atom stereocenters. The second-order valence-corrected chi connectivity index (χ2v) is 29.9. The summed E-state index contributed by atoms with van der Waals surface area (Å²) in [6, 6.07) is 88.2. The zero-order chi connectivity index (χ0) is 75.6. The predicted molar refractivity (Wildman–Crippen MR) is 450 cm³/mol. The Morgan fingerprint density at radius 2 is 0.693 bits per heavy atom. The molecule has 9 aromatic heterocycles. The van der Waals surface area contributed by atoms with Crippen molar-refractivity contribution in [1.82, 2.24) is 73.1 Å². The third-order valence-corrected chi connectivity index (χ3v) is 23.4. The zero-order valence-corrected chi connectivity index (χ0v) is 68.5. The Bertz CT molecular complexity index is 6580. The van der Waals surface area contributed by atoms with Crippen molar-refractivity contribution in [1.29, 1.82) is 0 Å². The number of aromatic nitrogens is 15. The molecule has 9 aromatic carbocycles. The quantitative estimate of drug-likeness (QED) is 0.115. The third-order valence-electron chi connectivity index (χ3n) is 23.4. The van der Waals surface area contributed by atoms with E-state index in [2.05, 4.69) is 227 Å². The molecule has 1 fully saturated rings. The molecule has 3 aliphatic heterocycles. The molecular weight excluding hydrogens is 1770 g/mol. The molecule has 18 aromatic rings. The summed E-state index contributed by atoms with van der Waals surface area (Å²) >= 11 is 0. The van der Waals surface area contributed by atoms with Gasteiger partial charge in [0.1, 0.15) is 34.4 Å². The Hall–Kier alpha value is -12.6. The van der Waals surface area contributed by atoms with Crippen LogP contribution in [0.1, 0.15) is 69.2 Å². The molecule has 19 heteroatoms. The fourth-order valence-electron chi connectivity index (χ4n) is 17.8. The maximum Gasteiger partial charge on any atom is 2.00 e. The number of benzene rings is 8. The van der Waals surface area contributed by atoms with Crippen molar-refractivity contribution < 1.29 is 51.3 Å². The molecule has 12 heterocycles. The van der Waals surface area contributed by atoms with Crippen molar-refractivity contribution in [3.8, 4) is 45.3 Å². The molecule has 560 valence electrons. The maximum absolute atomic E-state index is 5.24. The number of hydrogen-bond donors (Lipinski definition) is 0. The largest absolute Gasteiger partial charge is 2.00 e. The number of allylic oxidation sites excluding steroid dienone is 2. The van der Waals surface area contributed by atoms with E-state index >= 15 is 0 Å². The van der Waals surface area contributed by atoms with Crippen molar-refractivity contribution in [2.75, 3.05) is 0 Å². The molecule has 17 nitrogen and oxygen atoms in total. The first-order chi connectivity index (χ1) is 54.8. The minimum atomic E-state index is 0. The van der Waals surface area contributed by atoms with Crippen LogP contribution in [0.15, 0.2) is 285 Å². The molecule has 0 saturated heterocycles. The minimum absolute atomic E-state index is 0. The van der Waals surface area contributed by atoms with E-state index < -0.39 is 0 Å². The van der Waals surface area contributed by atoms with Gasteiger partial charge in [0.25, 0.3) is 11.4 Å². The van der Waals surface area contributed by atoms with E-state index in [0.29, 0.717) is 39.8 Å². The van der Waals surface area contributed by atoms with Gasteiger partial charge in [-0.05, 0) is 137 Å². The van der Waals surface area contributed by atoms with Gasteiger partial charge in [0, 0.05) is 98.1 Å². The first-order valence-corrected chi connectivity index (χ1v) is 38.3. The van der Waals surface area contributed by atoms with E-state index in [1.165, 1.54) is 30.7 Å². The van der Waals surface area contributed by atoms with Crippen molar-refractivity contribution in [2.24, 2.45) is 11.8 Å². The fourth-order valence-corrected chi connectivity index (χ4v) is 17.8. The van der Waals surface area contributed by atoms with Gasteiger partial charge in [-0.15, -0.1) is 37.3 Å². The number of imidazole rings is 4. The van der Waals surface area contributed by atoms with E-state index in [1.54, 1.807) is 11.4 Å². The van der Waals surface area contributed by atoms with E-state index in [0.717, 1.165) is 156 Å². The Balaban J connectivity index is 0.000000131. The second kappa shape index (κ2) is 29.2. The standard InChI is InChI=1S/C43H33N9.C38H24N6.C14H20N2.2Pt/c1-26-27(2)35-25-34(26)44-42-49-40(36(30-17-9-5-10-18-30)51(42)32-21-13-7-14-22-32)47-38-28(3)29(4)39(46-38)48-41-37(31-19-11-6-12-20-31)52(43(45-35)50-41)33-23-15-8-16-24-33;1-3-11-27(12-4-1)43-23-25-19-33-30-16-8-10-18-32(30)36(42-33)22-38-40-26(24-44(38)28-13-5-2-6-14-28)20-34-29-15-7-9-17-31(29)35(41-34)21-37(43)39-25;1-8-5-12-7-13-6-9(2)16-11(4)10(3)15(8)14(12,13)16;;/h5-25H,1-4H3;1-24H;12-13H,5-7H2,1-4H3;;/q2*-2;3*+2. The average molecular weight is 1850 g/mol. The fraction of sp³-hybridized carbons (Fsp3) is 0.147. The topological polar surface area (TPSA) is 171 Å². The molecule has 1 spiro atoms. The van der Waals surface area contributed by atoms with E-state index in [-0.39, 0.29) is 42.1 Å². The summed E-state index contributed by atoms with van der Waals surface area (Å²) in [5, 5.41) is 4.28. The number of aryl methyl sites for hydroxylation is 4. The molecule has 22 rings (SSSR count). The molecule has 1 saturated carbocycles. The van der Waals surface area contributed by atoms with Gasteiger partial charge in [-0.1, -0.05) is 196 Å². The van der Waals surface area contributed by atoms with Gasteiger partial charge < -0.3 is 24.9 Å². The summed E-state index contributed by atoms with van der Waals surface area (Å²) in [7, 11) is 0. The van der Waals surface area contributed by atoms with Crippen LogP contribution in [0.25, 0.3) is 156 Å². The van der Waals surface area contributed by atoms with E-state index in [1.807, 2.05) is 129 Å². The van der Waals surface area contributed by atoms with Gasteiger partial charge in [0.05, 0.1) is 22.4 Å². The Kier molecular flexibility index (Phi) is 18.7. The van der Waals surface area contributed by atoms with E-state index in [9.17, 15) is 0 Å². The molecule has 0 amide bonds. The van der Waals surface area contributed by atoms with Crippen LogP contribution in [0.4, 0.5) is 0 Å². The van der Waals surface area contributed by atoms with Crippen molar-refractivity contribution in [3.63, 3.8) is 0 Å². The average Bonchev–Trinajstić information content (AvgIpc) is 1.48. The van der Waals surface area contributed by atoms with Crippen LogP contribution in [0, 0.1) is 39.5 Å². The molecule has 2 atom stereocenters. The van der Waals surface area contributed by atoms with Crippen molar-refractivity contribution >= 4 is 123 Å². The number of hydrogen-bond acceptors (Lipinski definition) is 8. The molecule has 0 N–H and O–H groups in total. The van der Waals surface area contributed by atoms with Gasteiger partial charge in [-0.2, -0.15) is 11.1 Å². The summed E-state index contributed by atoms with van der Waals surface area (Å²) in [6.07, 6.45) is 8.23. The SMILES string of the molecule is CC1=C(C)[N+]2=C(C)CC3CC4CC(C)=[N+]1C432.Cc1c(C)c2[cH-]c1nc1nc(nc3[n-]c(nc4nc(n2)n(-c2ccccc2)c4-c2ccccc2)c(C)c3C)c(-c2ccccc2)n1-c1ccccc1.[Pt+2].[Pt+2].c1ccc(-n2cc3cc4[n-]c(cc5nc(cc6[n-]c(cc2n3)c2ccccc62)cn5-c2ccccc2)c2ccccc42)cc1. The maximum atomic E-state index is 5.24. The van der Waals surface area contributed by atoms with Crippen LogP contribution in [0.2, 0.25) is 0 Å². The number of nitrogens with zero attached hydrogens (tertiary/aromatic N) is 17. The first-order valence-electron chi connectivity index (χ1n) is 38.3. The summed E-state index contributed by atoms with van der Waals surface area (Å²) in [4.78, 5) is 56.6. The van der Waals surface area contributed by atoms with Crippen LogP contribution < -0.4 is 15.0 Å². The van der Waals surface area contributed by atoms with Crippen LogP contribution in [-0.4, -0.2) is 84.4 Å². The van der Waals surface area contributed by atoms with Gasteiger partial charge in [0.2, 0.25) is 11.6 Å². The molecule has 0 radical (unpaired) electrons. The summed E-state index contributed by atoms with van der Waals surface area (Å²) in [5.74, 6) is 2.78. The van der Waals surface area contributed by atoms with Crippen LogP contribution >= 0.6 is 0 Å². The Labute approximate surface area is 686 Å². The Morgan fingerprint density at radius 3 is 1.06 bits per heavy atom. The minimum Gasteiger partial charge on any atom is -0.657 e. The van der Waals surface area contributed by atoms with Gasteiger partial charge in [0.15, 0.2) is 11.4 Å². The Morgan fingerprint density at radius 1 is 0.360 bits per heavy atom. The normalized spacial score (nSPS) is 15.9. The number of para-hydroxylation sites is 4. The van der Waals surface area contributed by atoms with Crippen LogP contribution in [0.5, 0.6) is 0 Å². The predicted octanol–water partition coefficient (Wildman–Crippen LogP) is 20.1. The molecule has 1 aliphatic carbocycles. The molecule has 114 heavy (non-hydrogen) atoms. The third kappa shape index (κ3) is 12.2. The zero-order valence-electron chi connectivity index (χ0n) is 64.0. The van der Waals surface area contributed by atoms with Gasteiger partial charge in [-0.25, -0.2) is 29.9 Å². The molecular formula is C95H77N17Pt2+2. The number of fused-ring (bicyclic) bond motifs is 22. The summed E-state index contributed by atoms with van der Waals surface area (Å²) in [6.45, 7) is 17.5. The van der Waals surface area contributed by atoms with E-state index in [4.69, 9.17) is 54.8 Å². The van der Waals surface area contributed by atoms with Crippen LogP contribution in [0.3, 0.4) is 0 Å². The number of rotatable bonds is 6. The van der Waals surface area contributed by atoms with Gasteiger partial charge in [-0.3, -0.25) is 18.3 Å². The van der Waals surface area contributed by atoms with Crippen molar-refractivity contribution in [3.05, 3.63) is 307 Å². The smallest absolute Gasteiger partial charge is 0.657 e.